The van der Waals surface area contributed by atoms with Crippen molar-refractivity contribution in [1.82, 2.24) is 10.2 Å². The molecule has 5 heteroatoms. The number of carbonyl (C=O) groups excluding carboxylic acids is 1. The summed E-state index contributed by atoms with van der Waals surface area (Å²) < 4.78 is 5.94. The number of nitrogens with zero attached hydrogens (tertiary/aromatic N) is 1. The largest absolute Gasteiger partial charge is 0.396 e. The van der Waals surface area contributed by atoms with Crippen molar-refractivity contribution in [3.05, 3.63) is 0 Å². The van der Waals surface area contributed by atoms with Crippen LogP contribution in [0.25, 0.3) is 0 Å². The maximum atomic E-state index is 12.2. The Labute approximate surface area is 128 Å². The summed E-state index contributed by atoms with van der Waals surface area (Å²) in [4.78, 5) is 14.2. The smallest absolute Gasteiger partial charge is 0.317 e. The number of morpholine rings is 1. The van der Waals surface area contributed by atoms with Gasteiger partial charge >= 0.3 is 6.03 Å². The Balaban J connectivity index is 1.71. The molecule has 1 heterocycles. The second kappa shape index (κ2) is 6.97. The summed E-state index contributed by atoms with van der Waals surface area (Å²) in [5.41, 5.74) is -0.119. The van der Waals surface area contributed by atoms with Gasteiger partial charge in [-0.2, -0.15) is 0 Å². The van der Waals surface area contributed by atoms with Gasteiger partial charge in [-0.15, -0.1) is 0 Å². The molecule has 0 atom stereocenters. The first kappa shape index (κ1) is 16.6. The second-order valence-electron chi connectivity index (χ2n) is 7.32. The third-order valence-corrected chi connectivity index (χ3v) is 4.79. The molecule has 0 aromatic carbocycles. The molecule has 5 nitrogen and oxygen atoms in total. The molecule has 1 saturated heterocycles. The molecule has 21 heavy (non-hydrogen) atoms. The van der Waals surface area contributed by atoms with E-state index in [-0.39, 0.29) is 23.7 Å². The first-order valence-electron chi connectivity index (χ1n) is 8.24. The van der Waals surface area contributed by atoms with Gasteiger partial charge < -0.3 is 20.1 Å². The van der Waals surface area contributed by atoms with Crippen molar-refractivity contribution in [3.8, 4) is 0 Å². The van der Waals surface area contributed by atoms with E-state index in [9.17, 15) is 9.90 Å². The zero-order chi connectivity index (χ0) is 15.3. The molecule has 0 aromatic heterocycles. The number of aliphatic hydroxyl groups is 1. The summed E-state index contributed by atoms with van der Waals surface area (Å²) in [6.07, 6.45) is 6.41. The van der Waals surface area contributed by atoms with Gasteiger partial charge in [0, 0.05) is 19.7 Å². The molecule has 2 rings (SSSR count). The van der Waals surface area contributed by atoms with Crippen LogP contribution >= 0.6 is 0 Å². The zero-order valence-electron chi connectivity index (χ0n) is 13.5. The van der Waals surface area contributed by atoms with Crippen molar-refractivity contribution >= 4 is 6.03 Å². The number of urea groups is 1. The number of ether oxygens (including phenoxy) is 1. The Kier molecular flexibility index (Phi) is 5.49. The first-order chi connectivity index (χ1) is 9.96. The molecule has 2 fully saturated rings. The van der Waals surface area contributed by atoms with E-state index in [2.05, 4.69) is 5.32 Å². The summed E-state index contributed by atoms with van der Waals surface area (Å²) in [7, 11) is 0. The average molecular weight is 298 g/mol. The number of carbonyl (C=O) groups is 1. The van der Waals surface area contributed by atoms with Crippen molar-refractivity contribution in [1.29, 1.82) is 0 Å². The highest BCUT2D eigenvalue weighted by Crippen LogP contribution is 2.35. The van der Waals surface area contributed by atoms with E-state index in [1.807, 2.05) is 18.7 Å². The van der Waals surface area contributed by atoms with Crippen molar-refractivity contribution in [2.45, 2.75) is 58.0 Å². The Bertz CT molecular complexity index is 351. The molecular weight excluding hydrogens is 268 g/mol. The van der Waals surface area contributed by atoms with E-state index in [0.717, 1.165) is 32.2 Å². The SMILES string of the molecule is CC(C)(CO)CCCNC(=O)N1CCOC2(CCCC2)C1. The van der Waals surface area contributed by atoms with Crippen molar-refractivity contribution < 1.29 is 14.6 Å². The van der Waals surface area contributed by atoms with Crippen LogP contribution in [0, 0.1) is 5.41 Å². The summed E-state index contributed by atoms with van der Waals surface area (Å²) in [5, 5.41) is 12.2. The van der Waals surface area contributed by atoms with Crippen LogP contribution in [0.5, 0.6) is 0 Å². The Morgan fingerprint density at radius 2 is 2.10 bits per heavy atom. The number of nitrogens with one attached hydrogen (secondary N) is 1. The fraction of sp³-hybridized carbons (Fsp3) is 0.938. The van der Waals surface area contributed by atoms with Crippen LogP contribution in [0.3, 0.4) is 0 Å². The summed E-state index contributed by atoms with van der Waals surface area (Å²) >= 11 is 0. The summed E-state index contributed by atoms with van der Waals surface area (Å²) in [6.45, 7) is 7.03. The lowest BCUT2D eigenvalue weighted by molar-refractivity contribution is -0.0925. The van der Waals surface area contributed by atoms with E-state index in [4.69, 9.17) is 4.74 Å². The van der Waals surface area contributed by atoms with Crippen molar-refractivity contribution in [2.24, 2.45) is 5.41 Å². The molecule has 1 aliphatic carbocycles. The minimum atomic E-state index is -0.0610. The zero-order valence-corrected chi connectivity index (χ0v) is 13.5. The predicted octanol–water partition coefficient (Wildman–Crippen LogP) is 2.14. The standard InChI is InChI=1S/C16H30N2O3/c1-15(2,13-19)6-5-9-17-14(20)18-10-11-21-16(12-18)7-3-4-8-16/h19H,3-13H2,1-2H3,(H,17,20). The van der Waals surface area contributed by atoms with Gasteiger partial charge in [0.15, 0.2) is 0 Å². The Morgan fingerprint density at radius 3 is 2.76 bits per heavy atom. The highest BCUT2D eigenvalue weighted by molar-refractivity contribution is 5.74. The molecule has 0 radical (unpaired) electrons. The lowest BCUT2D eigenvalue weighted by atomic mass is 9.89. The highest BCUT2D eigenvalue weighted by Gasteiger charge is 2.40. The van der Waals surface area contributed by atoms with Gasteiger partial charge in [-0.1, -0.05) is 26.7 Å². The first-order valence-corrected chi connectivity index (χ1v) is 8.24. The number of hydrogen-bond acceptors (Lipinski definition) is 3. The van der Waals surface area contributed by atoms with Crippen LogP contribution in [0.1, 0.15) is 52.4 Å². The van der Waals surface area contributed by atoms with Gasteiger partial charge in [0.1, 0.15) is 0 Å². The van der Waals surface area contributed by atoms with Gasteiger partial charge in [0.05, 0.1) is 18.8 Å². The third-order valence-electron chi connectivity index (χ3n) is 4.79. The van der Waals surface area contributed by atoms with Gasteiger partial charge in [0.2, 0.25) is 0 Å². The van der Waals surface area contributed by atoms with Crippen molar-refractivity contribution in [2.75, 3.05) is 32.8 Å². The van der Waals surface area contributed by atoms with Gasteiger partial charge in [0.25, 0.3) is 0 Å². The van der Waals surface area contributed by atoms with Crippen LogP contribution < -0.4 is 5.32 Å². The minimum absolute atomic E-state index is 0.0337. The summed E-state index contributed by atoms with van der Waals surface area (Å²) in [6, 6.07) is 0.0337. The lowest BCUT2D eigenvalue weighted by Gasteiger charge is -2.40. The molecule has 2 aliphatic rings. The molecular formula is C16H30N2O3. The van der Waals surface area contributed by atoms with Gasteiger partial charge in [-0.25, -0.2) is 4.79 Å². The van der Waals surface area contributed by atoms with Crippen LogP contribution in [0.15, 0.2) is 0 Å². The molecule has 1 saturated carbocycles. The summed E-state index contributed by atoms with van der Waals surface area (Å²) in [5.74, 6) is 0. The van der Waals surface area contributed by atoms with Crippen LogP contribution in [0.4, 0.5) is 4.79 Å². The van der Waals surface area contributed by atoms with E-state index in [1.165, 1.54) is 12.8 Å². The molecule has 2 N–H and O–H groups in total. The molecule has 1 spiro atoms. The quantitative estimate of drug-likeness (QED) is 0.764. The van der Waals surface area contributed by atoms with Crippen LogP contribution in [-0.2, 0) is 4.74 Å². The van der Waals surface area contributed by atoms with E-state index < -0.39 is 0 Å². The maximum absolute atomic E-state index is 12.2. The van der Waals surface area contributed by atoms with Crippen LogP contribution in [0.2, 0.25) is 0 Å². The second-order valence-corrected chi connectivity index (χ2v) is 7.32. The van der Waals surface area contributed by atoms with E-state index in [1.54, 1.807) is 0 Å². The molecule has 122 valence electrons. The maximum Gasteiger partial charge on any atom is 0.317 e. The van der Waals surface area contributed by atoms with E-state index in [0.29, 0.717) is 19.7 Å². The topological polar surface area (TPSA) is 61.8 Å². The fourth-order valence-electron chi connectivity index (χ4n) is 3.29. The normalized spacial score (nSPS) is 21.8. The average Bonchev–Trinajstić information content (AvgIpc) is 2.91. The molecule has 0 unspecified atom stereocenters. The fourth-order valence-corrected chi connectivity index (χ4v) is 3.29. The van der Waals surface area contributed by atoms with Gasteiger partial charge in [-0.3, -0.25) is 0 Å². The monoisotopic (exact) mass is 298 g/mol. The van der Waals surface area contributed by atoms with E-state index >= 15 is 0 Å². The third kappa shape index (κ3) is 4.58. The molecule has 2 amide bonds. The van der Waals surface area contributed by atoms with Crippen LogP contribution in [-0.4, -0.2) is 54.5 Å². The number of rotatable bonds is 5. The number of hydrogen-bond donors (Lipinski definition) is 2. The highest BCUT2D eigenvalue weighted by atomic mass is 16.5. The minimum Gasteiger partial charge on any atom is -0.396 e. The van der Waals surface area contributed by atoms with Crippen molar-refractivity contribution in [3.63, 3.8) is 0 Å². The Morgan fingerprint density at radius 1 is 1.38 bits per heavy atom. The van der Waals surface area contributed by atoms with Gasteiger partial charge in [-0.05, 0) is 31.1 Å². The predicted molar refractivity (Wildman–Crippen MR) is 82.2 cm³/mol. The lowest BCUT2D eigenvalue weighted by Crippen LogP contribution is -2.55. The molecule has 0 bridgehead atoms. The number of aliphatic hydroxyl groups excluding tert-OH is 1. The molecule has 0 aromatic rings. The number of amides is 2. The molecule has 1 aliphatic heterocycles. The Hall–Kier alpha value is -0.810.